The third kappa shape index (κ3) is 5.31. The number of amides is 1. The molecule has 0 aromatic heterocycles. The van der Waals surface area contributed by atoms with Crippen molar-refractivity contribution in [2.45, 2.75) is 19.6 Å². The van der Waals surface area contributed by atoms with Crippen molar-refractivity contribution in [2.75, 3.05) is 13.6 Å². The van der Waals surface area contributed by atoms with Crippen molar-refractivity contribution in [3.8, 4) is 5.75 Å². The Morgan fingerprint density at radius 2 is 1.83 bits per heavy atom. The van der Waals surface area contributed by atoms with E-state index in [0.717, 1.165) is 24.1 Å². The lowest BCUT2D eigenvalue weighted by Crippen LogP contribution is -2.24. The monoisotopic (exact) mass is 334 g/mol. The van der Waals surface area contributed by atoms with Crippen LogP contribution in [-0.4, -0.2) is 26.1 Å². The van der Waals surface area contributed by atoms with E-state index in [1.54, 1.807) is 18.2 Å². The smallest absolute Gasteiger partial charge is 0.387 e. The van der Waals surface area contributed by atoms with Gasteiger partial charge in [-0.15, -0.1) is 0 Å². The number of nitrogens with one attached hydrogen (secondary N) is 2. The van der Waals surface area contributed by atoms with Crippen LogP contribution in [0.15, 0.2) is 48.5 Å². The van der Waals surface area contributed by atoms with Crippen LogP contribution < -0.4 is 15.4 Å². The largest absolute Gasteiger partial charge is 0.435 e. The molecule has 0 fully saturated rings. The van der Waals surface area contributed by atoms with Gasteiger partial charge in [-0.05, 0) is 49.3 Å². The number of benzene rings is 2. The lowest BCUT2D eigenvalue weighted by Gasteiger charge is -2.11. The van der Waals surface area contributed by atoms with E-state index in [-0.39, 0.29) is 11.7 Å². The minimum absolute atomic E-state index is 0.0949. The molecule has 0 bridgehead atoms. The Labute approximate surface area is 139 Å². The van der Waals surface area contributed by atoms with Gasteiger partial charge in [0, 0.05) is 12.1 Å². The lowest BCUT2D eigenvalue weighted by atomic mass is 10.0. The molecule has 1 amide bonds. The van der Waals surface area contributed by atoms with E-state index in [1.807, 2.05) is 25.2 Å². The van der Waals surface area contributed by atoms with Gasteiger partial charge in [0.2, 0.25) is 0 Å². The van der Waals surface area contributed by atoms with Gasteiger partial charge in [-0.1, -0.05) is 30.3 Å². The SMILES string of the molecule is CNCCc1ccccc1C(=O)NCc1ccc(OC(F)F)cc1. The van der Waals surface area contributed by atoms with Crippen LogP contribution >= 0.6 is 0 Å². The average Bonchev–Trinajstić information content (AvgIpc) is 2.59. The topological polar surface area (TPSA) is 50.4 Å². The van der Waals surface area contributed by atoms with Gasteiger partial charge in [0.15, 0.2) is 0 Å². The number of ether oxygens (including phenoxy) is 1. The van der Waals surface area contributed by atoms with Gasteiger partial charge in [0.05, 0.1) is 0 Å². The molecule has 0 aliphatic heterocycles. The summed E-state index contributed by atoms with van der Waals surface area (Å²) in [6, 6.07) is 13.7. The molecule has 0 heterocycles. The summed E-state index contributed by atoms with van der Waals surface area (Å²) in [7, 11) is 1.87. The molecule has 0 radical (unpaired) electrons. The molecule has 0 saturated heterocycles. The van der Waals surface area contributed by atoms with Crippen LogP contribution in [0.1, 0.15) is 21.5 Å². The fourth-order valence-corrected chi connectivity index (χ4v) is 2.29. The number of carbonyl (C=O) groups excluding carboxylic acids is 1. The fourth-order valence-electron chi connectivity index (χ4n) is 2.29. The van der Waals surface area contributed by atoms with Gasteiger partial charge in [-0.2, -0.15) is 8.78 Å². The van der Waals surface area contributed by atoms with Crippen molar-refractivity contribution < 1.29 is 18.3 Å². The van der Waals surface area contributed by atoms with E-state index in [1.165, 1.54) is 12.1 Å². The van der Waals surface area contributed by atoms with Gasteiger partial charge < -0.3 is 15.4 Å². The second kappa shape index (κ2) is 8.98. The highest BCUT2D eigenvalue weighted by Gasteiger charge is 2.10. The maximum absolute atomic E-state index is 12.4. The Morgan fingerprint density at radius 1 is 1.12 bits per heavy atom. The summed E-state index contributed by atoms with van der Waals surface area (Å²) >= 11 is 0. The van der Waals surface area contributed by atoms with Crippen molar-refractivity contribution >= 4 is 5.91 Å². The first-order chi connectivity index (χ1) is 11.6. The summed E-state index contributed by atoms with van der Waals surface area (Å²) in [5, 5.41) is 5.91. The Bertz CT molecular complexity index is 660. The molecule has 4 nitrogen and oxygen atoms in total. The van der Waals surface area contributed by atoms with Crippen LogP contribution in [0.25, 0.3) is 0 Å². The zero-order chi connectivity index (χ0) is 17.4. The minimum Gasteiger partial charge on any atom is -0.435 e. The van der Waals surface area contributed by atoms with E-state index >= 15 is 0 Å². The molecular weight excluding hydrogens is 314 g/mol. The van der Waals surface area contributed by atoms with Gasteiger partial charge in [-0.3, -0.25) is 4.79 Å². The number of halogens is 2. The molecule has 0 unspecified atom stereocenters. The summed E-state index contributed by atoms with van der Waals surface area (Å²) in [4.78, 5) is 12.4. The van der Waals surface area contributed by atoms with Crippen molar-refractivity contribution in [3.05, 3.63) is 65.2 Å². The number of carbonyl (C=O) groups is 1. The zero-order valence-corrected chi connectivity index (χ0v) is 13.4. The molecule has 128 valence electrons. The van der Waals surface area contributed by atoms with Crippen LogP contribution in [0.2, 0.25) is 0 Å². The number of hydrogen-bond acceptors (Lipinski definition) is 3. The first-order valence-electron chi connectivity index (χ1n) is 7.64. The number of rotatable bonds is 8. The number of alkyl halides is 2. The van der Waals surface area contributed by atoms with Crippen molar-refractivity contribution in [2.24, 2.45) is 0 Å². The molecule has 24 heavy (non-hydrogen) atoms. The lowest BCUT2D eigenvalue weighted by molar-refractivity contribution is -0.0498. The standard InChI is InChI=1S/C18H20F2N2O2/c1-21-11-10-14-4-2-3-5-16(14)17(23)22-12-13-6-8-15(9-7-13)24-18(19)20/h2-9,18,21H,10-12H2,1H3,(H,22,23). The minimum atomic E-state index is -2.84. The van der Waals surface area contributed by atoms with Crippen LogP contribution in [0.5, 0.6) is 5.75 Å². The van der Waals surface area contributed by atoms with Crippen molar-refractivity contribution in [1.82, 2.24) is 10.6 Å². The highest BCUT2D eigenvalue weighted by molar-refractivity contribution is 5.95. The molecule has 0 aliphatic carbocycles. The first kappa shape index (κ1) is 17.9. The molecule has 6 heteroatoms. The highest BCUT2D eigenvalue weighted by Crippen LogP contribution is 2.15. The first-order valence-corrected chi connectivity index (χ1v) is 7.64. The summed E-state index contributed by atoms with van der Waals surface area (Å²) in [5.41, 5.74) is 2.42. The Morgan fingerprint density at radius 3 is 2.50 bits per heavy atom. The third-order valence-corrected chi connectivity index (χ3v) is 3.51. The molecule has 0 atom stereocenters. The summed E-state index contributed by atoms with van der Waals surface area (Å²) in [6.07, 6.45) is 0.764. The molecule has 2 rings (SSSR count). The predicted octanol–water partition coefficient (Wildman–Crippen LogP) is 2.98. The predicted molar refractivity (Wildman–Crippen MR) is 88.3 cm³/mol. The average molecular weight is 334 g/mol. The van der Waals surface area contributed by atoms with Gasteiger partial charge >= 0.3 is 6.61 Å². The quantitative estimate of drug-likeness (QED) is 0.780. The number of hydrogen-bond donors (Lipinski definition) is 2. The number of likely N-dealkylation sites (N-methyl/N-ethyl adjacent to an activating group) is 1. The summed E-state index contributed by atoms with van der Waals surface area (Å²) in [6.45, 7) is -1.74. The second-order valence-corrected chi connectivity index (χ2v) is 5.22. The molecular formula is C18H20F2N2O2. The Balaban J connectivity index is 1.95. The van der Waals surface area contributed by atoms with Crippen LogP contribution in [0.3, 0.4) is 0 Å². The molecule has 2 N–H and O–H groups in total. The summed E-state index contributed by atoms with van der Waals surface area (Å²) in [5.74, 6) is -0.0629. The Kier molecular flexibility index (Phi) is 6.69. The van der Waals surface area contributed by atoms with E-state index in [4.69, 9.17) is 0 Å². The maximum Gasteiger partial charge on any atom is 0.387 e. The van der Waals surface area contributed by atoms with E-state index < -0.39 is 6.61 Å². The maximum atomic E-state index is 12.4. The molecule has 2 aromatic rings. The van der Waals surface area contributed by atoms with Crippen molar-refractivity contribution in [1.29, 1.82) is 0 Å². The van der Waals surface area contributed by atoms with Crippen molar-refractivity contribution in [3.63, 3.8) is 0 Å². The fraction of sp³-hybridized carbons (Fsp3) is 0.278. The van der Waals surface area contributed by atoms with Crippen LogP contribution in [-0.2, 0) is 13.0 Å². The Hall–Kier alpha value is -2.47. The summed E-state index contributed by atoms with van der Waals surface area (Å²) < 4.78 is 28.5. The molecule has 0 aliphatic rings. The molecule has 0 saturated carbocycles. The van der Waals surface area contributed by atoms with Crippen LogP contribution in [0.4, 0.5) is 8.78 Å². The second-order valence-electron chi connectivity index (χ2n) is 5.22. The highest BCUT2D eigenvalue weighted by atomic mass is 19.3. The van der Waals surface area contributed by atoms with Gasteiger partial charge in [-0.25, -0.2) is 0 Å². The van der Waals surface area contributed by atoms with Gasteiger partial charge in [0.25, 0.3) is 5.91 Å². The normalized spacial score (nSPS) is 10.7. The molecule has 2 aromatic carbocycles. The van der Waals surface area contributed by atoms with E-state index in [2.05, 4.69) is 15.4 Å². The zero-order valence-electron chi connectivity index (χ0n) is 13.4. The van der Waals surface area contributed by atoms with Crippen LogP contribution in [0, 0.1) is 0 Å². The third-order valence-electron chi connectivity index (χ3n) is 3.51. The van der Waals surface area contributed by atoms with E-state index in [9.17, 15) is 13.6 Å². The van der Waals surface area contributed by atoms with E-state index in [0.29, 0.717) is 12.1 Å². The molecule has 0 spiro atoms. The van der Waals surface area contributed by atoms with Gasteiger partial charge in [0.1, 0.15) is 5.75 Å².